The maximum Gasteiger partial charge on any atom is 0.143 e. The molecule has 0 radical (unpaired) electrons. The second kappa shape index (κ2) is 10.6. The van der Waals surface area contributed by atoms with Crippen LogP contribution in [0.25, 0.3) is 88.0 Å². The monoisotopic (exact) mass is 613 g/mol. The molecule has 8 aromatic carbocycles. The number of rotatable bonds is 4. The highest BCUT2D eigenvalue weighted by Crippen LogP contribution is 2.48. The van der Waals surface area contributed by atoms with E-state index in [1.807, 2.05) is 0 Å². The molecule has 46 heavy (non-hydrogen) atoms. The van der Waals surface area contributed by atoms with Crippen LogP contribution in [-0.2, 0) is 0 Å². The van der Waals surface area contributed by atoms with Gasteiger partial charge in [0.15, 0.2) is 0 Å². The smallest absolute Gasteiger partial charge is 0.143 e. The predicted octanol–water partition coefficient (Wildman–Crippen LogP) is 12.9. The van der Waals surface area contributed by atoms with Crippen LogP contribution >= 0.6 is 0 Å². The van der Waals surface area contributed by atoms with E-state index in [0.717, 1.165) is 0 Å². The third-order valence-electron chi connectivity index (χ3n) is 7.50. The summed E-state index contributed by atoms with van der Waals surface area (Å²) in [6.45, 7) is 1.25. The van der Waals surface area contributed by atoms with Gasteiger partial charge in [-0.15, -0.1) is 0 Å². The first kappa shape index (κ1) is 10.9. The lowest BCUT2D eigenvalue weighted by molar-refractivity contribution is 0.670. The number of benzene rings is 8. The van der Waals surface area contributed by atoms with Crippen molar-refractivity contribution in [2.75, 3.05) is 0 Å². The molecule has 9 aromatic rings. The van der Waals surface area contributed by atoms with Gasteiger partial charge in [-0.05, 0) is 85.1 Å². The normalized spacial score (nSPS) is 19.8. The van der Waals surface area contributed by atoms with Gasteiger partial charge in [0.05, 0.1) is 37.0 Å². The zero-order chi connectivity index (χ0) is 54.1. The molecule has 0 saturated carbocycles. The molecule has 0 spiro atoms. The second-order valence-electron chi connectivity index (χ2n) is 10.0. The van der Waals surface area contributed by atoms with Crippen molar-refractivity contribution in [3.63, 3.8) is 0 Å². The lowest BCUT2D eigenvalue weighted by Gasteiger charge is -2.18. The van der Waals surface area contributed by atoms with Crippen LogP contribution in [0.4, 0.5) is 0 Å². The van der Waals surface area contributed by atoms with Crippen LogP contribution in [0.1, 0.15) is 42.6 Å². The van der Waals surface area contributed by atoms with Crippen molar-refractivity contribution in [3.05, 3.63) is 169 Å². The van der Waals surface area contributed by atoms with Crippen LogP contribution in [-0.4, -0.2) is 0 Å². The van der Waals surface area contributed by atoms with Gasteiger partial charge < -0.3 is 4.42 Å². The van der Waals surface area contributed by atoms with Gasteiger partial charge in [-0.25, -0.2) is 0 Å². The summed E-state index contributed by atoms with van der Waals surface area (Å²) >= 11 is 0. The fourth-order valence-corrected chi connectivity index (χ4v) is 5.61. The molecule has 0 atom stereocenters. The zero-order valence-electron chi connectivity index (χ0n) is 50.4. The summed E-state index contributed by atoms with van der Waals surface area (Å²) in [5.41, 5.74) is -6.73. The van der Waals surface area contributed by atoms with E-state index in [9.17, 15) is 11.0 Å². The van der Waals surface area contributed by atoms with Crippen molar-refractivity contribution in [1.82, 2.24) is 0 Å². The molecule has 0 aliphatic carbocycles. The Morgan fingerprint density at radius 2 is 0.957 bits per heavy atom. The molecule has 1 heterocycles. The van der Waals surface area contributed by atoms with E-state index in [4.69, 9.17) is 30.5 Å². The van der Waals surface area contributed by atoms with Crippen molar-refractivity contribution < 1.29 is 41.4 Å². The van der Waals surface area contributed by atoms with E-state index >= 15 is 0 Å². The van der Waals surface area contributed by atoms with Crippen molar-refractivity contribution in [2.24, 2.45) is 0 Å². The fourth-order valence-electron chi connectivity index (χ4n) is 5.61. The highest BCUT2D eigenvalue weighted by molar-refractivity contribution is 6.26. The highest BCUT2D eigenvalue weighted by atomic mass is 16.3. The fraction of sp³-hybridized carbons (Fsp3) is 0.0222. The van der Waals surface area contributed by atoms with Crippen molar-refractivity contribution in [3.8, 4) is 44.5 Å². The molecular weight excluding hydrogens is 556 g/mol. The third-order valence-corrected chi connectivity index (χ3v) is 7.50. The lowest BCUT2D eigenvalue weighted by Crippen LogP contribution is -1.91. The molecule has 0 fully saturated rings. The SMILES string of the molecule is [2H]c1c([2H])c([2H])c(-c2c([2H])c([2H])c([2H])c(-c3c(C)c([2H])c([2H])c4c3oc3c([2H])c([2H])c([2H])c(-c5c6c([2H])c([2H])c([2H])c([2H])c6c(-c6c([2H])c([2H])c([2H])c([2H])c6[2H])c6c([2H])c([2H])c([2H])c([2H])c56)c34)c2[2H])c([2H])c1[2H]. The first-order chi connectivity index (χ1) is 34.0. The molecule has 0 aliphatic rings. The molecule has 216 valence electrons. The molecule has 0 saturated heterocycles. The number of hydrogen-bond donors (Lipinski definition) is 0. The Morgan fingerprint density at radius 3 is 1.63 bits per heavy atom. The average Bonchev–Trinajstić information content (AvgIpc) is 3.75. The van der Waals surface area contributed by atoms with E-state index in [2.05, 4.69) is 0 Å². The van der Waals surface area contributed by atoms with Crippen molar-refractivity contribution in [2.45, 2.75) is 6.92 Å². The van der Waals surface area contributed by atoms with Crippen molar-refractivity contribution >= 4 is 43.5 Å². The first-order valence-electron chi connectivity index (χ1n) is 27.2. The number of furan rings is 1. The lowest BCUT2D eigenvalue weighted by atomic mass is 9.85. The molecule has 1 nitrogen and oxygen atoms in total. The van der Waals surface area contributed by atoms with Gasteiger partial charge in [-0.1, -0.05) is 151 Å². The zero-order valence-corrected chi connectivity index (χ0v) is 23.4. The molecule has 0 unspecified atom stereocenters. The second-order valence-corrected chi connectivity index (χ2v) is 10.0. The number of fused-ring (bicyclic) bond motifs is 5. The van der Waals surface area contributed by atoms with E-state index in [1.54, 1.807) is 0 Å². The van der Waals surface area contributed by atoms with Gasteiger partial charge in [-0.2, -0.15) is 0 Å². The Morgan fingerprint density at radius 1 is 0.413 bits per heavy atom. The Hall–Kier alpha value is -5.92. The average molecular weight is 614 g/mol. The maximum absolute atomic E-state index is 9.59. The highest BCUT2D eigenvalue weighted by Gasteiger charge is 2.22. The van der Waals surface area contributed by atoms with Crippen LogP contribution in [0.2, 0.25) is 0 Å². The molecule has 1 aromatic heterocycles. The summed E-state index contributed by atoms with van der Waals surface area (Å²) in [7, 11) is 0. The topological polar surface area (TPSA) is 13.1 Å². The van der Waals surface area contributed by atoms with Crippen LogP contribution in [0, 0.1) is 6.92 Å². The van der Waals surface area contributed by atoms with E-state index in [1.165, 1.54) is 6.92 Å². The largest absolute Gasteiger partial charge is 0.455 e. The molecule has 0 aliphatic heterocycles. The van der Waals surface area contributed by atoms with Gasteiger partial charge >= 0.3 is 0 Å². The summed E-state index contributed by atoms with van der Waals surface area (Å²) in [6.07, 6.45) is 0. The molecule has 0 amide bonds. The molecular formula is C45H30O. The van der Waals surface area contributed by atoms with Crippen LogP contribution in [0.3, 0.4) is 0 Å². The maximum atomic E-state index is 9.59. The van der Waals surface area contributed by atoms with E-state index in [0.29, 0.717) is 0 Å². The summed E-state index contributed by atoms with van der Waals surface area (Å²) in [5, 5.41) is -3.83. The van der Waals surface area contributed by atoms with E-state index in [-0.39, 0.29) is 5.56 Å². The third kappa shape index (κ3) is 4.09. The van der Waals surface area contributed by atoms with Gasteiger partial charge in [0.25, 0.3) is 0 Å². The first-order valence-corrected chi connectivity index (χ1v) is 13.7. The summed E-state index contributed by atoms with van der Waals surface area (Å²) in [5.74, 6) is 0. The summed E-state index contributed by atoms with van der Waals surface area (Å²) in [6, 6.07) is -24.4. The Labute approximate surface area is 305 Å². The van der Waals surface area contributed by atoms with Gasteiger partial charge in [0.2, 0.25) is 0 Å². The minimum absolute atomic E-state index is 0.241. The van der Waals surface area contributed by atoms with E-state index < -0.39 is 251 Å². The van der Waals surface area contributed by atoms with Crippen LogP contribution < -0.4 is 0 Å². The quantitative estimate of drug-likeness (QED) is 0.180. The summed E-state index contributed by atoms with van der Waals surface area (Å²) < 4.78 is 247. The van der Waals surface area contributed by atoms with Gasteiger partial charge in [0, 0.05) is 16.3 Å². The molecule has 0 N–H and O–H groups in total. The number of hydrogen-bond acceptors (Lipinski definition) is 1. The standard InChI is InChI=1S/C45H30O/c1-29-26-27-39-44-38(24-13-25-40(44)46-45(39)41(29)33-19-12-18-32(28-33)30-14-4-2-5-15-30)43-36-22-10-8-20-34(36)42(31-16-6-3-7-17-31)35-21-9-11-23-37(35)43/h2-28H,1H3/i2D,3D,4D,5D,6D,7D,8D,9D,10D,11D,12D,13D,14D,15D,16D,17D,18D,19D,20D,21D,22D,23D,24D,25D,26D,27D,28D. The van der Waals surface area contributed by atoms with Crippen LogP contribution in [0.5, 0.6) is 0 Å². The van der Waals surface area contributed by atoms with Gasteiger partial charge in [0.1, 0.15) is 11.2 Å². The van der Waals surface area contributed by atoms with Crippen LogP contribution in [0.15, 0.2) is 168 Å². The molecule has 1 heteroatoms. The molecule has 0 bridgehead atoms. The Balaban J connectivity index is 1.60. The predicted molar refractivity (Wildman–Crippen MR) is 195 cm³/mol. The van der Waals surface area contributed by atoms with Crippen molar-refractivity contribution in [1.29, 1.82) is 0 Å². The summed E-state index contributed by atoms with van der Waals surface area (Å²) in [4.78, 5) is 0. The molecule has 9 rings (SSSR count). The Kier molecular flexibility index (Phi) is 2.50. The minimum Gasteiger partial charge on any atom is -0.455 e. The minimum atomic E-state index is -0.968. The Bertz CT molecular complexity index is 3980. The van der Waals surface area contributed by atoms with Gasteiger partial charge in [-0.3, -0.25) is 0 Å².